The summed E-state index contributed by atoms with van der Waals surface area (Å²) < 4.78 is 5.21. The van der Waals surface area contributed by atoms with Crippen molar-refractivity contribution in [3.05, 3.63) is 77.4 Å². The standard InChI is InChI=1S/C18H13NO5/c1-11(10-12-6-3-2-4-7-12)18(22)24-14-9-5-8-13-15(14)17(21)19(23)16(13)20/h2-9,23H,1,10H2. The van der Waals surface area contributed by atoms with Crippen molar-refractivity contribution >= 4 is 17.8 Å². The van der Waals surface area contributed by atoms with Crippen molar-refractivity contribution in [1.82, 2.24) is 5.06 Å². The van der Waals surface area contributed by atoms with Crippen LogP contribution in [0.4, 0.5) is 0 Å². The number of carbonyl (C=O) groups is 3. The van der Waals surface area contributed by atoms with E-state index in [9.17, 15) is 19.6 Å². The van der Waals surface area contributed by atoms with Crippen molar-refractivity contribution < 1.29 is 24.3 Å². The Morgan fingerprint density at radius 1 is 1.04 bits per heavy atom. The second-order valence-corrected chi connectivity index (χ2v) is 5.26. The number of imide groups is 1. The van der Waals surface area contributed by atoms with E-state index >= 15 is 0 Å². The van der Waals surface area contributed by atoms with Gasteiger partial charge in [0.25, 0.3) is 11.8 Å². The molecule has 0 bridgehead atoms. The van der Waals surface area contributed by atoms with Gasteiger partial charge in [-0.05, 0) is 17.7 Å². The van der Waals surface area contributed by atoms with Gasteiger partial charge in [0.1, 0.15) is 5.75 Å². The van der Waals surface area contributed by atoms with Gasteiger partial charge in [0.15, 0.2) is 0 Å². The number of hydroxylamine groups is 2. The van der Waals surface area contributed by atoms with Crippen LogP contribution >= 0.6 is 0 Å². The first-order valence-electron chi connectivity index (χ1n) is 7.13. The largest absolute Gasteiger partial charge is 0.422 e. The number of ether oxygens (including phenoxy) is 1. The number of rotatable bonds is 4. The highest BCUT2D eigenvalue weighted by Crippen LogP contribution is 2.30. The summed E-state index contributed by atoms with van der Waals surface area (Å²) in [4.78, 5) is 35.8. The first kappa shape index (κ1) is 15.6. The number of nitrogens with zero attached hydrogens (tertiary/aromatic N) is 1. The Bertz CT molecular complexity index is 857. The zero-order chi connectivity index (χ0) is 17.3. The van der Waals surface area contributed by atoms with Crippen LogP contribution in [0.15, 0.2) is 60.7 Å². The van der Waals surface area contributed by atoms with E-state index in [1.165, 1.54) is 18.2 Å². The first-order chi connectivity index (χ1) is 11.5. The van der Waals surface area contributed by atoms with Gasteiger partial charge in [-0.2, -0.15) is 0 Å². The molecule has 0 saturated carbocycles. The molecule has 6 heteroatoms. The van der Waals surface area contributed by atoms with Crippen molar-refractivity contribution in [1.29, 1.82) is 0 Å². The zero-order valence-electron chi connectivity index (χ0n) is 12.6. The summed E-state index contributed by atoms with van der Waals surface area (Å²) >= 11 is 0. The van der Waals surface area contributed by atoms with Crippen molar-refractivity contribution in [3.63, 3.8) is 0 Å². The van der Waals surface area contributed by atoms with Crippen LogP contribution in [-0.2, 0) is 11.2 Å². The highest BCUT2D eigenvalue weighted by atomic mass is 16.5. The molecule has 120 valence electrons. The van der Waals surface area contributed by atoms with Crippen LogP contribution in [-0.4, -0.2) is 28.1 Å². The summed E-state index contributed by atoms with van der Waals surface area (Å²) in [6, 6.07) is 13.5. The van der Waals surface area contributed by atoms with Crippen molar-refractivity contribution in [2.75, 3.05) is 0 Å². The van der Waals surface area contributed by atoms with E-state index < -0.39 is 17.8 Å². The Balaban J connectivity index is 1.80. The lowest BCUT2D eigenvalue weighted by Gasteiger charge is -2.09. The fourth-order valence-corrected chi connectivity index (χ4v) is 2.41. The van der Waals surface area contributed by atoms with Crippen LogP contribution in [0.1, 0.15) is 26.3 Å². The molecule has 0 spiro atoms. The van der Waals surface area contributed by atoms with Gasteiger partial charge >= 0.3 is 5.97 Å². The molecule has 3 rings (SSSR count). The Morgan fingerprint density at radius 2 is 1.75 bits per heavy atom. The fourth-order valence-electron chi connectivity index (χ4n) is 2.41. The van der Waals surface area contributed by atoms with E-state index in [1.807, 2.05) is 30.3 Å². The third kappa shape index (κ3) is 2.70. The predicted octanol–water partition coefficient (Wildman–Crippen LogP) is 2.38. The molecule has 0 saturated heterocycles. The van der Waals surface area contributed by atoms with E-state index in [4.69, 9.17) is 4.74 Å². The van der Waals surface area contributed by atoms with E-state index in [1.54, 1.807) is 0 Å². The summed E-state index contributed by atoms with van der Waals surface area (Å²) in [7, 11) is 0. The molecule has 0 fully saturated rings. The Labute approximate surface area is 137 Å². The van der Waals surface area contributed by atoms with Gasteiger partial charge in [-0.15, -0.1) is 5.06 Å². The molecular formula is C18H13NO5. The second-order valence-electron chi connectivity index (χ2n) is 5.26. The smallest absolute Gasteiger partial charge is 0.339 e. The molecule has 1 N–H and O–H groups in total. The van der Waals surface area contributed by atoms with Crippen molar-refractivity contribution in [3.8, 4) is 5.75 Å². The van der Waals surface area contributed by atoms with Crippen LogP contribution in [0.3, 0.4) is 0 Å². The molecule has 0 unspecified atom stereocenters. The first-order valence-corrected chi connectivity index (χ1v) is 7.13. The quantitative estimate of drug-likeness (QED) is 0.307. The molecular weight excluding hydrogens is 310 g/mol. The van der Waals surface area contributed by atoms with E-state index in [-0.39, 0.29) is 27.5 Å². The van der Waals surface area contributed by atoms with Crippen LogP contribution in [0.2, 0.25) is 0 Å². The Morgan fingerprint density at radius 3 is 2.46 bits per heavy atom. The lowest BCUT2D eigenvalue weighted by molar-refractivity contribution is -0.130. The third-order valence-electron chi connectivity index (χ3n) is 3.61. The highest BCUT2D eigenvalue weighted by Gasteiger charge is 2.38. The molecule has 0 aromatic heterocycles. The molecule has 0 atom stereocenters. The van der Waals surface area contributed by atoms with Crippen molar-refractivity contribution in [2.45, 2.75) is 6.42 Å². The molecule has 24 heavy (non-hydrogen) atoms. The lowest BCUT2D eigenvalue weighted by Crippen LogP contribution is -2.25. The summed E-state index contributed by atoms with van der Waals surface area (Å²) in [6.07, 6.45) is 0.299. The maximum Gasteiger partial charge on any atom is 0.339 e. The van der Waals surface area contributed by atoms with Crippen LogP contribution in [0.25, 0.3) is 0 Å². The lowest BCUT2D eigenvalue weighted by atomic mass is 10.1. The monoisotopic (exact) mass is 323 g/mol. The second kappa shape index (κ2) is 6.10. The van der Waals surface area contributed by atoms with Gasteiger partial charge in [-0.25, -0.2) is 4.79 Å². The van der Waals surface area contributed by atoms with E-state index in [0.717, 1.165) is 5.56 Å². The predicted molar refractivity (Wildman–Crippen MR) is 83.6 cm³/mol. The molecule has 1 aliphatic heterocycles. The van der Waals surface area contributed by atoms with Gasteiger partial charge in [0, 0.05) is 12.0 Å². The number of amides is 2. The van der Waals surface area contributed by atoms with Crippen LogP contribution in [0, 0.1) is 0 Å². The molecule has 2 aromatic rings. The average molecular weight is 323 g/mol. The normalized spacial score (nSPS) is 13.0. The van der Waals surface area contributed by atoms with E-state index in [0.29, 0.717) is 6.42 Å². The third-order valence-corrected chi connectivity index (χ3v) is 3.61. The summed E-state index contributed by atoms with van der Waals surface area (Å²) in [5.41, 5.74) is 0.953. The molecule has 2 aromatic carbocycles. The molecule has 6 nitrogen and oxygen atoms in total. The van der Waals surface area contributed by atoms with E-state index in [2.05, 4.69) is 6.58 Å². The van der Waals surface area contributed by atoms with Crippen LogP contribution in [0.5, 0.6) is 5.75 Å². The highest BCUT2D eigenvalue weighted by molar-refractivity contribution is 6.21. The number of carbonyl (C=O) groups excluding carboxylic acids is 3. The number of fused-ring (bicyclic) bond motifs is 1. The van der Waals surface area contributed by atoms with Crippen LogP contribution < -0.4 is 4.74 Å². The van der Waals surface area contributed by atoms with Gasteiger partial charge in [-0.3, -0.25) is 14.8 Å². The number of benzene rings is 2. The van der Waals surface area contributed by atoms with Gasteiger partial charge in [0.2, 0.25) is 0 Å². The molecule has 1 heterocycles. The molecule has 1 aliphatic rings. The maximum atomic E-state index is 12.2. The molecule has 0 radical (unpaired) electrons. The fraction of sp³-hybridized carbons (Fsp3) is 0.0556. The number of hydrogen-bond acceptors (Lipinski definition) is 5. The van der Waals surface area contributed by atoms with Crippen molar-refractivity contribution in [2.24, 2.45) is 0 Å². The maximum absolute atomic E-state index is 12.2. The Hall–Kier alpha value is -3.25. The summed E-state index contributed by atoms with van der Waals surface area (Å²) in [6.45, 7) is 3.70. The SMILES string of the molecule is C=C(Cc1ccccc1)C(=O)Oc1cccc2c1C(=O)N(O)C2=O. The topological polar surface area (TPSA) is 83.9 Å². The summed E-state index contributed by atoms with van der Waals surface area (Å²) in [5.74, 6) is -2.56. The minimum absolute atomic E-state index is 0.000787. The minimum Gasteiger partial charge on any atom is -0.422 e. The average Bonchev–Trinajstić information content (AvgIpc) is 2.81. The minimum atomic E-state index is -0.924. The zero-order valence-corrected chi connectivity index (χ0v) is 12.6. The van der Waals surface area contributed by atoms with Gasteiger partial charge in [0.05, 0.1) is 11.1 Å². The van der Waals surface area contributed by atoms with Gasteiger partial charge < -0.3 is 4.74 Å². The summed E-state index contributed by atoms with van der Waals surface area (Å²) in [5, 5.41) is 9.43. The Kier molecular flexibility index (Phi) is 3.97. The number of hydrogen-bond donors (Lipinski definition) is 1. The molecule has 0 aliphatic carbocycles. The number of esters is 1. The molecule has 2 amide bonds. The van der Waals surface area contributed by atoms with Gasteiger partial charge in [-0.1, -0.05) is 43.0 Å².